The molecule has 0 atom stereocenters. The van der Waals surface area contributed by atoms with Crippen molar-refractivity contribution in [2.75, 3.05) is 19.1 Å². The third-order valence-electron chi connectivity index (χ3n) is 4.81. The molecule has 0 unspecified atom stereocenters. The van der Waals surface area contributed by atoms with Gasteiger partial charge in [-0.2, -0.15) is 0 Å². The largest absolute Gasteiger partial charge is 0.493 e. The highest BCUT2D eigenvalue weighted by atomic mass is 35.5. The number of methoxy groups -OCH3 is 2. The van der Waals surface area contributed by atoms with Gasteiger partial charge in [-0.15, -0.1) is 11.3 Å². The lowest BCUT2D eigenvalue weighted by Gasteiger charge is -2.19. The van der Waals surface area contributed by atoms with Crippen molar-refractivity contribution < 1.29 is 23.8 Å². The maximum Gasteiger partial charge on any atom is 0.338 e. The minimum absolute atomic E-state index is 0.0556. The summed E-state index contributed by atoms with van der Waals surface area (Å²) in [6.45, 7) is 5.43. The number of nitrogens with zero attached hydrogens (tertiary/aromatic N) is 2. The van der Waals surface area contributed by atoms with Gasteiger partial charge in [0, 0.05) is 12.3 Å². The Morgan fingerprint density at radius 1 is 1.09 bits per heavy atom. The van der Waals surface area contributed by atoms with E-state index in [0.717, 1.165) is 16.8 Å². The summed E-state index contributed by atoms with van der Waals surface area (Å²) in [5.41, 5.74) is 3.70. The second kappa shape index (κ2) is 10.0. The summed E-state index contributed by atoms with van der Waals surface area (Å²) in [4.78, 5) is 30.8. The van der Waals surface area contributed by atoms with Crippen LogP contribution in [0, 0.1) is 13.8 Å². The topological polar surface area (TPSA) is 78.0 Å². The zero-order chi connectivity index (χ0) is 23.4. The molecular formula is C23H23ClN2O5S. The summed E-state index contributed by atoms with van der Waals surface area (Å²) in [7, 11) is 2.92. The highest BCUT2D eigenvalue weighted by Gasteiger charge is 2.20. The van der Waals surface area contributed by atoms with Gasteiger partial charge < -0.3 is 14.2 Å². The van der Waals surface area contributed by atoms with Crippen LogP contribution >= 0.6 is 22.9 Å². The Hall–Kier alpha value is -3.10. The number of hydrogen-bond acceptors (Lipinski definition) is 7. The standard InChI is InChI=1S/C23H23ClN2O5S/c1-13-6-7-18(8-14(13)2)26(15(3)27)23-25-17(12-32-23)11-31-22(28)16-9-19(24)21(30-5)20(10-16)29-4/h6-10,12H,11H2,1-5H3. The van der Waals surface area contributed by atoms with Crippen LogP contribution in [0.3, 0.4) is 0 Å². The minimum atomic E-state index is -0.583. The number of carbonyl (C=O) groups excluding carboxylic acids is 2. The van der Waals surface area contributed by atoms with E-state index in [1.54, 1.807) is 5.38 Å². The van der Waals surface area contributed by atoms with Gasteiger partial charge in [-0.1, -0.05) is 17.7 Å². The second-order valence-electron chi connectivity index (χ2n) is 7.01. The lowest BCUT2D eigenvalue weighted by Crippen LogP contribution is -2.22. The highest BCUT2D eigenvalue weighted by molar-refractivity contribution is 7.14. The molecule has 0 aliphatic heterocycles. The minimum Gasteiger partial charge on any atom is -0.493 e. The molecule has 1 amide bonds. The Bertz CT molecular complexity index is 1160. The van der Waals surface area contributed by atoms with E-state index in [0.29, 0.717) is 22.3 Å². The summed E-state index contributed by atoms with van der Waals surface area (Å²) in [5.74, 6) is -0.0787. The summed E-state index contributed by atoms with van der Waals surface area (Å²) in [6, 6.07) is 8.74. The van der Waals surface area contributed by atoms with E-state index in [2.05, 4.69) is 4.98 Å². The number of hydrogen-bond donors (Lipinski definition) is 0. The van der Waals surface area contributed by atoms with Gasteiger partial charge in [0.1, 0.15) is 6.61 Å². The maximum absolute atomic E-state index is 12.5. The van der Waals surface area contributed by atoms with Crippen LogP contribution in [0.25, 0.3) is 0 Å². The average molecular weight is 475 g/mol. The van der Waals surface area contributed by atoms with Gasteiger partial charge >= 0.3 is 5.97 Å². The number of halogens is 1. The van der Waals surface area contributed by atoms with E-state index in [9.17, 15) is 9.59 Å². The molecule has 0 saturated heterocycles. The number of carbonyl (C=O) groups is 2. The fourth-order valence-corrected chi connectivity index (χ4v) is 4.17. The number of anilines is 2. The van der Waals surface area contributed by atoms with Crippen molar-refractivity contribution >= 4 is 45.6 Å². The van der Waals surface area contributed by atoms with Crippen molar-refractivity contribution in [3.8, 4) is 11.5 Å². The number of aryl methyl sites for hydroxylation is 2. The first kappa shape index (κ1) is 23.6. The van der Waals surface area contributed by atoms with E-state index in [1.165, 1.54) is 49.5 Å². The first-order valence-corrected chi connectivity index (χ1v) is 10.9. The van der Waals surface area contributed by atoms with Crippen molar-refractivity contribution in [1.82, 2.24) is 4.98 Å². The first-order valence-electron chi connectivity index (χ1n) is 9.66. The van der Waals surface area contributed by atoms with E-state index in [4.69, 9.17) is 25.8 Å². The second-order valence-corrected chi connectivity index (χ2v) is 8.26. The molecule has 1 heterocycles. The molecule has 32 heavy (non-hydrogen) atoms. The van der Waals surface area contributed by atoms with E-state index < -0.39 is 5.97 Å². The molecule has 0 aliphatic carbocycles. The Labute approximate surface area is 195 Å². The van der Waals surface area contributed by atoms with Gasteiger partial charge in [0.2, 0.25) is 5.91 Å². The molecule has 2 aromatic carbocycles. The first-order chi connectivity index (χ1) is 15.2. The van der Waals surface area contributed by atoms with Gasteiger partial charge in [0.05, 0.1) is 36.2 Å². The van der Waals surface area contributed by atoms with Gasteiger partial charge in [0.25, 0.3) is 0 Å². The molecule has 0 saturated carbocycles. The van der Waals surface area contributed by atoms with Gasteiger partial charge in [0.15, 0.2) is 16.6 Å². The van der Waals surface area contributed by atoms with E-state index in [-0.39, 0.29) is 23.1 Å². The van der Waals surface area contributed by atoms with E-state index >= 15 is 0 Å². The predicted molar refractivity (Wildman–Crippen MR) is 125 cm³/mol. The van der Waals surface area contributed by atoms with Crippen molar-refractivity contribution in [3.63, 3.8) is 0 Å². The van der Waals surface area contributed by atoms with Crippen LogP contribution < -0.4 is 14.4 Å². The van der Waals surface area contributed by atoms with Gasteiger partial charge in [-0.05, 0) is 49.2 Å². The quantitative estimate of drug-likeness (QED) is 0.422. The van der Waals surface area contributed by atoms with Crippen LogP contribution in [0.15, 0.2) is 35.7 Å². The number of ether oxygens (including phenoxy) is 3. The zero-order valence-electron chi connectivity index (χ0n) is 18.4. The van der Waals surface area contributed by atoms with Gasteiger partial charge in [-0.25, -0.2) is 9.78 Å². The number of aromatic nitrogens is 1. The number of thiazole rings is 1. The van der Waals surface area contributed by atoms with Crippen LogP contribution in [0.2, 0.25) is 5.02 Å². The molecule has 3 aromatic rings. The third-order valence-corrected chi connectivity index (χ3v) is 5.97. The Kier molecular flexibility index (Phi) is 7.37. The molecule has 3 rings (SSSR count). The normalized spacial score (nSPS) is 10.6. The highest BCUT2D eigenvalue weighted by Crippen LogP contribution is 2.36. The fourth-order valence-electron chi connectivity index (χ4n) is 3.02. The predicted octanol–water partition coefficient (Wildman–Crippen LogP) is 5.47. The molecule has 0 fully saturated rings. The van der Waals surface area contributed by atoms with Gasteiger partial charge in [-0.3, -0.25) is 9.69 Å². The summed E-state index contributed by atoms with van der Waals surface area (Å²) in [5, 5.41) is 2.49. The van der Waals surface area contributed by atoms with Crippen molar-refractivity contribution in [2.45, 2.75) is 27.4 Å². The smallest absolute Gasteiger partial charge is 0.338 e. The molecule has 7 nitrogen and oxygen atoms in total. The van der Waals surface area contributed by atoms with Crippen LogP contribution in [0.1, 0.15) is 34.1 Å². The average Bonchev–Trinajstić information content (AvgIpc) is 3.22. The van der Waals surface area contributed by atoms with Crippen molar-refractivity contribution in [2.24, 2.45) is 0 Å². The fraction of sp³-hybridized carbons (Fsp3) is 0.261. The summed E-state index contributed by atoms with van der Waals surface area (Å²) in [6.07, 6.45) is 0. The van der Waals surface area contributed by atoms with Crippen molar-refractivity contribution in [3.05, 3.63) is 63.1 Å². The van der Waals surface area contributed by atoms with Crippen LogP contribution in [-0.4, -0.2) is 31.1 Å². The number of rotatable bonds is 7. The number of amides is 1. The van der Waals surface area contributed by atoms with Crippen LogP contribution in [0.4, 0.5) is 10.8 Å². The molecule has 0 bridgehead atoms. The van der Waals surface area contributed by atoms with Crippen LogP contribution in [0.5, 0.6) is 11.5 Å². The maximum atomic E-state index is 12.5. The summed E-state index contributed by atoms with van der Waals surface area (Å²) < 4.78 is 15.8. The Balaban J connectivity index is 1.76. The van der Waals surface area contributed by atoms with Crippen molar-refractivity contribution in [1.29, 1.82) is 0 Å². The molecule has 0 aliphatic rings. The SMILES string of the molecule is COc1cc(C(=O)OCc2csc(N(C(C)=O)c3ccc(C)c(C)c3)n2)cc(Cl)c1OC. The monoisotopic (exact) mass is 474 g/mol. The third kappa shape index (κ3) is 5.03. The van der Waals surface area contributed by atoms with E-state index in [1.807, 2.05) is 32.0 Å². The molecule has 1 aromatic heterocycles. The zero-order valence-corrected chi connectivity index (χ0v) is 20.0. The van der Waals surface area contributed by atoms with Crippen LogP contribution in [-0.2, 0) is 16.1 Å². The molecule has 168 valence electrons. The Morgan fingerprint density at radius 3 is 2.47 bits per heavy atom. The Morgan fingerprint density at radius 2 is 1.84 bits per heavy atom. The molecule has 0 N–H and O–H groups in total. The molecule has 0 spiro atoms. The molecular weight excluding hydrogens is 452 g/mol. The number of benzene rings is 2. The molecule has 0 radical (unpaired) electrons. The lowest BCUT2D eigenvalue weighted by atomic mass is 10.1. The lowest BCUT2D eigenvalue weighted by molar-refractivity contribution is -0.115. The summed E-state index contributed by atoms with van der Waals surface area (Å²) >= 11 is 7.46. The molecule has 9 heteroatoms. The number of esters is 1.